The Morgan fingerprint density at radius 1 is 1.11 bits per heavy atom. The molecule has 1 aliphatic heterocycles. The van der Waals surface area contributed by atoms with Crippen molar-refractivity contribution < 1.29 is 19.1 Å². The second-order valence-corrected chi connectivity index (χ2v) is 7.54. The molecule has 0 radical (unpaired) electrons. The van der Waals surface area contributed by atoms with Crippen LogP contribution in [-0.2, 0) is 14.3 Å². The van der Waals surface area contributed by atoms with Gasteiger partial charge in [-0.05, 0) is 102 Å². The second kappa shape index (κ2) is 7.64. The Morgan fingerprint density at radius 2 is 1.78 bits per heavy atom. The van der Waals surface area contributed by atoms with Gasteiger partial charge in [-0.25, -0.2) is 9.79 Å². The van der Waals surface area contributed by atoms with Gasteiger partial charge < -0.3 is 9.47 Å². The van der Waals surface area contributed by atoms with Crippen molar-refractivity contribution in [3.63, 3.8) is 0 Å². The van der Waals surface area contributed by atoms with Crippen molar-refractivity contribution in [2.24, 2.45) is 4.99 Å². The first-order chi connectivity index (χ1) is 12.7. The van der Waals surface area contributed by atoms with E-state index in [-0.39, 0.29) is 11.7 Å². The summed E-state index contributed by atoms with van der Waals surface area (Å²) in [5.41, 5.74) is 4.50. The molecule has 0 saturated heterocycles. The molecular weight excluding hydrogens is 457 g/mol. The molecule has 2 aromatic rings. The van der Waals surface area contributed by atoms with Crippen LogP contribution in [0.1, 0.15) is 34.7 Å². The Kier molecular flexibility index (Phi) is 5.46. The highest BCUT2D eigenvalue weighted by Gasteiger charge is 2.24. The molecule has 138 valence electrons. The standard InChI is InChI=1S/C21H18INO4/c1-11-9-16(5-6-17(11)22)20-23-18(21(25)27-20)10-15-7-12(2)19(13(3)8-15)26-14(4)24/h5-10H,1-4H3/b18-10-. The summed E-state index contributed by atoms with van der Waals surface area (Å²) in [7, 11) is 0. The van der Waals surface area contributed by atoms with E-state index < -0.39 is 5.97 Å². The maximum atomic E-state index is 12.2. The molecule has 0 aliphatic carbocycles. The minimum atomic E-state index is -0.486. The molecule has 5 nitrogen and oxygen atoms in total. The van der Waals surface area contributed by atoms with Crippen molar-refractivity contribution in [2.75, 3.05) is 0 Å². The van der Waals surface area contributed by atoms with Crippen molar-refractivity contribution in [2.45, 2.75) is 27.7 Å². The summed E-state index contributed by atoms with van der Waals surface area (Å²) in [6, 6.07) is 9.47. The Hall–Kier alpha value is -2.48. The zero-order valence-corrected chi connectivity index (χ0v) is 17.6. The van der Waals surface area contributed by atoms with Crippen LogP contribution in [-0.4, -0.2) is 17.8 Å². The van der Waals surface area contributed by atoms with E-state index in [9.17, 15) is 9.59 Å². The van der Waals surface area contributed by atoms with Gasteiger partial charge >= 0.3 is 11.9 Å². The zero-order valence-electron chi connectivity index (χ0n) is 15.4. The summed E-state index contributed by atoms with van der Waals surface area (Å²) < 4.78 is 11.7. The lowest BCUT2D eigenvalue weighted by molar-refractivity contribution is -0.132. The summed E-state index contributed by atoms with van der Waals surface area (Å²) in [6.45, 7) is 7.06. The molecule has 0 saturated carbocycles. The van der Waals surface area contributed by atoms with Gasteiger partial charge in [0.1, 0.15) is 5.75 Å². The van der Waals surface area contributed by atoms with Crippen LogP contribution in [0.3, 0.4) is 0 Å². The van der Waals surface area contributed by atoms with Crippen molar-refractivity contribution >= 4 is 46.5 Å². The van der Waals surface area contributed by atoms with E-state index in [2.05, 4.69) is 27.6 Å². The molecule has 3 rings (SSSR count). The third-order valence-electron chi connectivity index (χ3n) is 4.06. The molecular formula is C21H18INO4. The zero-order chi connectivity index (χ0) is 19.7. The second-order valence-electron chi connectivity index (χ2n) is 6.38. The Balaban J connectivity index is 1.95. The lowest BCUT2D eigenvalue weighted by atomic mass is 10.0. The highest BCUT2D eigenvalue weighted by molar-refractivity contribution is 14.1. The summed E-state index contributed by atoms with van der Waals surface area (Å²) in [5.74, 6) is -0.0118. The van der Waals surface area contributed by atoms with E-state index in [1.54, 1.807) is 6.08 Å². The van der Waals surface area contributed by atoms with E-state index in [4.69, 9.17) is 9.47 Å². The number of hydrogen-bond donors (Lipinski definition) is 0. The van der Waals surface area contributed by atoms with Crippen LogP contribution in [0, 0.1) is 24.3 Å². The first kappa shape index (κ1) is 19.3. The fourth-order valence-electron chi connectivity index (χ4n) is 2.84. The summed E-state index contributed by atoms with van der Waals surface area (Å²) >= 11 is 2.25. The van der Waals surface area contributed by atoms with Gasteiger partial charge in [0.25, 0.3) is 0 Å². The van der Waals surface area contributed by atoms with Crippen LogP contribution in [0.2, 0.25) is 0 Å². The molecule has 27 heavy (non-hydrogen) atoms. The minimum absolute atomic E-state index is 0.236. The quantitative estimate of drug-likeness (QED) is 0.284. The first-order valence-corrected chi connectivity index (χ1v) is 9.41. The van der Waals surface area contributed by atoms with Gasteiger partial charge in [0.05, 0.1) is 0 Å². The molecule has 0 atom stereocenters. The largest absolute Gasteiger partial charge is 0.426 e. The summed E-state index contributed by atoms with van der Waals surface area (Å²) in [4.78, 5) is 27.8. The number of carbonyl (C=O) groups excluding carboxylic acids is 2. The van der Waals surface area contributed by atoms with E-state index >= 15 is 0 Å². The monoisotopic (exact) mass is 475 g/mol. The Labute approximate surface area is 171 Å². The van der Waals surface area contributed by atoms with E-state index in [0.717, 1.165) is 31.4 Å². The molecule has 2 aromatic carbocycles. The number of carbonyl (C=O) groups is 2. The SMILES string of the molecule is CC(=O)Oc1c(C)cc(/C=C2\N=C(c3ccc(I)c(C)c3)OC2=O)cc1C. The molecule has 6 heteroatoms. The maximum absolute atomic E-state index is 12.2. The lowest BCUT2D eigenvalue weighted by Crippen LogP contribution is -2.06. The number of halogens is 1. The van der Waals surface area contributed by atoms with Crippen molar-refractivity contribution in [1.82, 2.24) is 0 Å². The number of aliphatic imine (C=N–C) groups is 1. The normalized spacial score (nSPS) is 14.9. The predicted octanol–water partition coefficient (Wildman–Crippen LogP) is 4.49. The smallest absolute Gasteiger partial charge is 0.363 e. The fraction of sp³-hybridized carbons (Fsp3) is 0.190. The van der Waals surface area contributed by atoms with Crippen molar-refractivity contribution in [3.8, 4) is 5.75 Å². The molecule has 0 aromatic heterocycles. The number of benzene rings is 2. The van der Waals surface area contributed by atoms with Crippen LogP contribution in [0.25, 0.3) is 6.08 Å². The number of ether oxygens (including phenoxy) is 2. The van der Waals surface area contributed by atoms with Crippen LogP contribution in [0.5, 0.6) is 5.75 Å². The molecule has 0 spiro atoms. The van der Waals surface area contributed by atoms with Gasteiger partial charge in [-0.2, -0.15) is 0 Å². The number of cyclic esters (lactones) is 1. The minimum Gasteiger partial charge on any atom is -0.426 e. The van der Waals surface area contributed by atoms with E-state index in [1.807, 2.05) is 51.1 Å². The van der Waals surface area contributed by atoms with Crippen LogP contribution in [0.4, 0.5) is 0 Å². The lowest BCUT2D eigenvalue weighted by Gasteiger charge is -2.10. The Bertz CT molecular complexity index is 998. The molecule has 0 amide bonds. The van der Waals surface area contributed by atoms with E-state index in [0.29, 0.717) is 11.6 Å². The average molecular weight is 475 g/mol. The molecule has 0 unspecified atom stereocenters. The number of nitrogens with zero attached hydrogens (tertiary/aromatic N) is 1. The van der Waals surface area contributed by atoms with Crippen LogP contribution >= 0.6 is 22.6 Å². The first-order valence-electron chi connectivity index (χ1n) is 8.33. The van der Waals surface area contributed by atoms with Gasteiger partial charge in [-0.15, -0.1) is 0 Å². The van der Waals surface area contributed by atoms with Crippen molar-refractivity contribution in [3.05, 3.63) is 67.4 Å². The highest BCUT2D eigenvalue weighted by atomic mass is 127. The average Bonchev–Trinajstić information content (AvgIpc) is 2.94. The van der Waals surface area contributed by atoms with Gasteiger partial charge in [0.2, 0.25) is 5.90 Å². The Morgan fingerprint density at radius 3 is 2.37 bits per heavy atom. The maximum Gasteiger partial charge on any atom is 0.363 e. The number of esters is 2. The molecule has 0 bridgehead atoms. The van der Waals surface area contributed by atoms with Crippen molar-refractivity contribution in [1.29, 1.82) is 0 Å². The van der Waals surface area contributed by atoms with E-state index in [1.165, 1.54) is 6.92 Å². The molecule has 0 fully saturated rings. The van der Waals surface area contributed by atoms with Gasteiger partial charge in [0, 0.05) is 16.1 Å². The predicted molar refractivity (Wildman–Crippen MR) is 112 cm³/mol. The third kappa shape index (κ3) is 4.27. The van der Waals surface area contributed by atoms with Gasteiger partial charge in [-0.3, -0.25) is 4.79 Å². The van der Waals surface area contributed by atoms with Crippen LogP contribution in [0.15, 0.2) is 41.0 Å². The third-order valence-corrected chi connectivity index (χ3v) is 5.27. The number of hydrogen-bond acceptors (Lipinski definition) is 5. The fourth-order valence-corrected chi connectivity index (χ4v) is 3.18. The molecule has 1 heterocycles. The van der Waals surface area contributed by atoms with Gasteiger partial charge in [-0.1, -0.05) is 0 Å². The van der Waals surface area contributed by atoms with Gasteiger partial charge in [0.15, 0.2) is 5.70 Å². The molecule has 0 N–H and O–H groups in total. The summed E-state index contributed by atoms with van der Waals surface area (Å²) in [5, 5.41) is 0. The highest BCUT2D eigenvalue weighted by Crippen LogP contribution is 2.27. The number of rotatable bonds is 3. The van der Waals surface area contributed by atoms with Crippen LogP contribution < -0.4 is 4.74 Å². The summed E-state index contributed by atoms with van der Waals surface area (Å²) in [6.07, 6.45) is 1.67. The topological polar surface area (TPSA) is 65.0 Å². The molecule has 1 aliphatic rings. The number of aryl methyl sites for hydroxylation is 3.